The van der Waals surface area contributed by atoms with Gasteiger partial charge in [-0.2, -0.15) is 0 Å². The summed E-state index contributed by atoms with van der Waals surface area (Å²) in [6.07, 6.45) is 0. The highest BCUT2D eigenvalue weighted by molar-refractivity contribution is 7.07. The van der Waals surface area contributed by atoms with Gasteiger partial charge in [0.15, 0.2) is 4.80 Å². The monoisotopic (exact) mass is 172 g/mol. The highest BCUT2D eigenvalue weighted by Crippen LogP contribution is 1.98. The van der Waals surface area contributed by atoms with E-state index in [9.17, 15) is 4.79 Å². The topological polar surface area (TPSA) is 66.1 Å². The van der Waals surface area contributed by atoms with Gasteiger partial charge in [0.05, 0.1) is 0 Å². The van der Waals surface area contributed by atoms with E-state index in [0.717, 1.165) is 5.69 Å². The summed E-state index contributed by atoms with van der Waals surface area (Å²) >= 11 is 1.24. The van der Waals surface area contributed by atoms with E-state index in [1.165, 1.54) is 15.9 Å². The number of carboxylic acid groups (broad SMARTS) is 1. The van der Waals surface area contributed by atoms with E-state index >= 15 is 0 Å². The number of carbonyl (C=O) groups is 1. The van der Waals surface area contributed by atoms with E-state index in [2.05, 4.69) is 0 Å². The Morgan fingerprint density at radius 3 is 2.91 bits per heavy atom. The molecular weight excluding hydrogens is 164 g/mol. The molecule has 0 aromatic carbocycles. The van der Waals surface area contributed by atoms with Crippen LogP contribution >= 0.6 is 11.3 Å². The predicted octanol–water partition coefficient (Wildman–Crippen LogP) is 0.422. The third-order valence-electron chi connectivity index (χ3n) is 1.31. The van der Waals surface area contributed by atoms with Gasteiger partial charge < -0.3 is 9.67 Å². The van der Waals surface area contributed by atoms with Gasteiger partial charge in [-0.3, -0.25) is 10.2 Å². The van der Waals surface area contributed by atoms with Gasteiger partial charge >= 0.3 is 5.97 Å². The van der Waals surface area contributed by atoms with Gasteiger partial charge in [0, 0.05) is 11.1 Å². The van der Waals surface area contributed by atoms with E-state index < -0.39 is 5.97 Å². The number of hydrogen-bond acceptors (Lipinski definition) is 3. The van der Waals surface area contributed by atoms with Crippen molar-refractivity contribution in [2.45, 2.75) is 13.5 Å². The van der Waals surface area contributed by atoms with Crippen LogP contribution in [0.15, 0.2) is 5.38 Å². The minimum Gasteiger partial charge on any atom is -0.480 e. The van der Waals surface area contributed by atoms with Gasteiger partial charge in [0.2, 0.25) is 0 Å². The van der Waals surface area contributed by atoms with Gasteiger partial charge in [-0.15, -0.1) is 11.3 Å². The van der Waals surface area contributed by atoms with Crippen molar-refractivity contribution in [3.63, 3.8) is 0 Å². The summed E-state index contributed by atoms with van der Waals surface area (Å²) in [4.78, 5) is 10.6. The van der Waals surface area contributed by atoms with Crippen LogP contribution in [0, 0.1) is 12.3 Å². The van der Waals surface area contributed by atoms with Crippen molar-refractivity contribution in [1.82, 2.24) is 4.57 Å². The van der Waals surface area contributed by atoms with Gasteiger partial charge in [0.25, 0.3) is 0 Å². The molecule has 1 rings (SSSR count). The molecule has 0 atom stereocenters. The molecule has 11 heavy (non-hydrogen) atoms. The SMILES string of the molecule is Cc1csc(=N)n1CC(=O)O. The molecule has 2 N–H and O–H groups in total. The molecule has 0 aliphatic heterocycles. The number of aliphatic carboxylic acids is 1. The van der Waals surface area contributed by atoms with Crippen molar-refractivity contribution in [2.24, 2.45) is 0 Å². The second-order valence-electron chi connectivity index (χ2n) is 2.16. The average Bonchev–Trinajstić information content (AvgIpc) is 2.18. The summed E-state index contributed by atoms with van der Waals surface area (Å²) in [6, 6.07) is 0. The lowest BCUT2D eigenvalue weighted by molar-refractivity contribution is -0.137. The number of rotatable bonds is 2. The van der Waals surface area contributed by atoms with Gasteiger partial charge in [-0.05, 0) is 6.92 Å². The number of aromatic nitrogens is 1. The molecule has 0 saturated heterocycles. The van der Waals surface area contributed by atoms with Crippen molar-refractivity contribution in [3.05, 3.63) is 15.9 Å². The lowest BCUT2D eigenvalue weighted by atomic mass is 10.5. The van der Waals surface area contributed by atoms with Crippen molar-refractivity contribution < 1.29 is 9.90 Å². The predicted molar refractivity (Wildman–Crippen MR) is 40.5 cm³/mol. The maximum absolute atomic E-state index is 10.3. The first-order valence-electron chi connectivity index (χ1n) is 3.02. The first-order chi connectivity index (χ1) is 5.11. The number of nitrogens with zero attached hydrogens (tertiary/aromatic N) is 1. The number of nitrogens with one attached hydrogen (secondary N) is 1. The summed E-state index contributed by atoms with van der Waals surface area (Å²) in [5, 5.41) is 17.5. The van der Waals surface area contributed by atoms with Crippen LogP contribution in [0.2, 0.25) is 0 Å². The fourth-order valence-electron chi connectivity index (χ4n) is 0.760. The molecule has 0 bridgehead atoms. The Bertz CT molecular complexity index is 326. The molecule has 5 heteroatoms. The van der Waals surface area contributed by atoms with E-state index in [0.29, 0.717) is 0 Å². The fourth-order valence-corrected chi connectivity index (χ4v) is 1.51. The van der Waals surface area contributed by atoms with Crippen LogP contribution in [0.5, 0.6) is 0 Å². The Balaban J connectivity index is 3.01. The fraction of sp³-hybridized carbons (Fsp3) is 0.333. The molecule has 0 amide bonds. The normalized spacial score (nSPS) is 9.91. The summed E-state index contributed by atoms with van der Waals surface area (Å²) in [7, 11) is 0. The first kappa shape index (κ1) is 8.00. The zero-order chi connectivity index (χ0) is 8.43. The number of carboxylic acids is 1. The molecule has 1 aromatic heterocycles. The van der Waals surface area contributed by atoms with Crippen LogP contribution in [-0.4, -0.2) is 15.6 Å². The second kappa shape index (κ2) is 2.87. The molecule has 0 aliphatic carbocycles. The second-order valence-corrected chi connectivity index (χ2v) is 3.02. The molecule has 4 nitrogen and oxygen atoms in total. The van der Waals surface area contributed by atoms with Crippen LogP contribution in [0.4, 0.5) is 0 Å². The molecule has 0 aliphatic rings. The maximum atomic E-state index is 10.3. The molecule has 1 heterocycles. The molecule has 0 spiro atoms. The van der Waals surface area contributed by atoms with Crippen LogP contribution in [0.3, 0.4) is 0 Å². The molecule has 1 aromatic rings. The summed E-state index contributed by atoms with van der Waals surface area (Å²) in [5.74, 6) is -0.912. The third-order valence-corrected chi connectivity index (χ3v) is 2.21. The van der Waals surface area contributed by atoms with Crippen molar-refractivity contribution in [1.29, 1.82) is 5.41 Å². The average molecular weight is 172 g/mol. The van der Waals surface area contributed by atoms with Crippen molar-refractivity contribution in [2.75, 3.05) is 0 Å². The highest BCUT2D eigenvalue weighted by atomic mass is 32.1. The number of aryl methyl sites for hydroxylation is 1. The van der Waals surface area contributed by atoms with Crippen LogP contribution < -0.4 is 4.80 Å². The molecule has 60 valence electrons. The molecule has 0 saturated carbocycles. The Hall–Kier alpha value is -1.10. The lowest BCUT2D eigenvalue weighted by Crippen LogP contribution is -2.19. The number of hydrogen-bond donors (Lipinski definition) is 2. The van der Waals surface area contributed by atoms with Gasteiger partial charge in [-0.25, -0.2) is 0 Å². The lowest BCUT2D eigenvalue weighted by Gasteiger charge is -1.98. The first-order valence-corrected chi connectivity index (χ1v) is 3.90. The summed E-state index contributed by atoms with van der Waals surface area (Å²) < 4.78 is 1.45. The summed E-state index contributed by atoms with van der Waals surface area (Å²) in [6.45, 7) is 1.67. The third kappa shape index (κ3) is 1.68. The van der Waals surface area contributed by atoms with Crippen LogP contribution in [0.1, 0.15) is 5.69 Å². The van der Waals surface area contributed by atoms with E-state index in [4.69, 9.17) is 10.5 Å². The molecule has 0 fully saturated rings. The van der Waals surface area contributed by atoms with Gasteiger partial charge in [-0.1, -0.05) is 0 Å². The quantitative estimate of drug-likeness (QED) is 0.679. The Kier molecular flexibility index (Phi) is 2.09. The highest BCUT2D eigenvalue weighted by Gasteiger charge is 2.03. The Morgan fingerprint density at radius 2 is 2.55 bits per heavy atom. The molecule has 0 unspecified atom stereocenters. The standard InChI is InChI=1S/C6H8N2O2S/c1-4-3-11-6(7)8(4)2-5(9)10/h3,7H,2H2,1H3,(H,9,10). The molecular formula is C6H8N2O2S. The summed E-state index contributed by atoms with van der Waals surface area (Å²) in [5.41, 5.74) is 0.822. The van der Waals surface area contributed by atoms with E-state index in [1.807, 2.05) is 0 Å². The van der Waals surface area contributed by atoms with E-state index in [-0.39, 0.29) is 11.3 Å². The van der Waals surface area contributed by atoms with E-state index in [1.54, 1.807) is 12.3 Å². The zero-order valence-electron chi connectivity index (χ0n) is 6.00. The largest absolute Gasteiger partial charge is 0.480 e. The Labute approximate surface area is 67.2 Å². The zero-order valence-corrected chi connectivity index (χ0v) is 6.81. The van der Waals surface area contributed by atoms with Crippen molar-refractivity contribution >= 4 is 17.3 Å². The smallest absolute Gasteiger partial charge is 0.323 e. The maximum Gasteiger partial charge on any atom is 0.323 e. The minimum atomic E-state index is -0.912. The van der Waals surface area contributed by atoms with Gasteiger partial charge in [0.1, 0.15) is 6.54 Å². The van der Waals surface area contributed by atoms with Crippen LogP contribution in [0.25, 0.3) is 0 Å². The minimum absolute atomic E-state index is 0.117. The number of thiazole rings is 1. The van der Waals surface area contributed by atoms with Crippen LogP contribution in [-0.2, 0) is 11.3 Å². The van der Waals surface area contributed by atoms with Crippen molar-refractivity contribution in [3.8, 4) is 0 Å². The molecule has 0 radical (unpaired) electrons. The Morgan fingerprint density at radius 1 is 1.91 bits per heavy atom.